The Morgan fingerprint density at radius 1 is 1.45 bits per heavy atom. The lowest BCUT2D eigenvalue weighted by molar-refractivity contribution is 0.358. The van der Waals surface area contributed by atoms with Gasteiger partial charge in [0.05, 0.1) is 18.1 Å². The van der Waals surface area contributed by atoms with Gasteiger partial charge in [-0.15, -0.1) is 0 Å². The van der Waals surface area contributed by atoms with E-state index in [1.54, 1.807) is 7.11 Å². The van der Waals surface area contributed by atoms with Gasteiger partial charge in [0.25, 0.3) is 0 Å². The fraction of sp³-hybridized carbons (Fsp3) is 0.429. The highest BCUT2D eigenvalue weighted by Crippen LogP contribution is 2.29. The van der Waals surface area contributed by atoms with Gasteiger partial charge in [-0.3, -0.25) is 0 Å². The van der Waals surface area contributed by atoms with Crippen molar-refractivity contribution in [3.8, 4) is 17.1 Å². The van der Waals surface area contributed by atoms with Crippen LogP contribution < -0.4 is 10.1 Å². The molecule has 1 N–H and O–H groups in total. The molecule has 20 heavy (non-hydrogen) atoms. The van der Waals surface area contributed by atoms with Crippen LogP contribution in [-0.2, 0) is 6.54 Å². The second-order valence-corrected chi connectivity index (χ2v) is 5.41. The van der Waals surface area contributed by atoms with Gasteiger partial charge in [0.1, 0.15) is 5.75 Å². The molecule has 0 saturated heterocycles. The lowest BCUT2D eigenvalue weighted by atomic mass is 10.2. The molecule has 0 amide bonds. The molecular weight excluding hydrogens is 322 g/mol. The second-order valence-electron chi connectivity index (χ2n) is 4.55. The number of methoxy groups -OCH3 is 1. The average Bonchev–Trinajstić information content (AvgIpc) is 2.93. The zero-order chi connectivity index (χ0) is 14.5. The number of hydrogen-bond acceptors (Lipinski definition) is 5. The van der Waals surface area contributed by atoms with Gasteiger partial charge in [0, 0.05) is 11.6 Å². The molecule has 1 heterocycles. The van der Waals surface area contributed by atoms with E-state index in [4.69, 9.17) is 9.26 Å². The number of ether oxygens (including phenoxy) is 1. The standard InChI is InChI=1S/C14H18BrN3O2/c1-4-9(2)16-8-13-17-14(18-20-13)10-5-6-12(19-3)11(15)7-10/h5-7,9,16H,4,8H2,1-3H3. The van der Waals surface area contributed by atoms with E-state index >= 15 is 0 Å². The maximum atomic E-state index is 5.24. The quantitative estimate of drug-likeness (QED) is 0.873. The summed E-state index contributed by atoms with van der Waals surface area (Å²) in [6, 6.07) is 6.11. The minimum absolute atomic E-state index is 0.431. The Bertz CT molecular complexity index is 571. The molecule has 2 aromatic rings. The fourth-order valence-corrected chi connectivity index (χ4v) is 2.20. The summed E-state index contributed by atoms with van der Waals surface area (Å²) in [4.78, 5) is 4.38. The molecule has 2 rings (SSSR count). The van der Waals surface area contributed by atoms with Crippen LogP contribution in [0.15, 0.2) is 27.2 Å². The summed E-state index contributed by atoms with van der Waals surface area (Å²) in [5.41, 5.74) is 0.885. The molecule has 0 bridgehead atoms. The Hall–Kier alpha value is -1.40. The predicted molar refractivity (Wildman–Crippen MR) is 80.6 cm³/mol. The summed E-state index contributed by atoms with van der Waals surface area (Å²) in [6.07, 6.45) is 1.06. The van der Waals surface area contributed by atoms with Crippen LogP contribution in [-0.4, -0.2) is 23.3 Å². The molecule has 0 saturated carbocycles. The van der Waals surface area contributed by atoms with Crippen LogP contribution in [0.3, 0.4) is 0 Å². The number of rotatable bonds is 6. The van der Waals surface area contributed by atoms with E-state index in [0.29, 0.717) is 24.3 Å². The highest BCUT2D eigenvalue weighted by Gasteiger charge is 2.11. The van der Waals surface area contributed by atoms with Crippen LogP contribution in [0.1, 0.15) is 26.2 Å². The van der Waals surface area contributed by atoms with E-state index in [1.165, 1.54) is 0 Å². The van der Waals surface area contributed by atoms with Crippen molar-refractivity contribution in [2.75, 3.05) is 7.11 Å². The van der Waals surface area contributed by atoms with Crippen molar-refractivity contribution in [1.29, 1.82) is 0 Å². The summed E-state index contributed by atoms with van der Waals surface area (Å²) < 4.78 is 11.3. The van der Waals surface area contributed by atoms with Gasteiger partial charge in [0.15, 0.2) is 0 Å². The smallest absolute Gasteiger partial charge is 0.240 e. The van der Waals surface area contributed by atoms with Crippen molar-refractivity contribution in [3.05, 3.63) is 28.6 Å². The van der Waals surface area contributed by atoms with E-state index in [0.717, 1.165) is 22.2 Å². The number of nitrogens with one attached hydrogen (secondary N) is 1. The van der Waals surface area contributed by atoms with E-state index < -0.39 is 0 Å². The maximum absolute atomic E-state index is 5.24. The van der Waals surface area contributed by atoms with Gasteiger partial charge in [-0.1, -0.05) is 12.1 Å². The summed E-state index contributed by atoms with van der Waals surface area (Å²) >= 11 is 3.45. The minimum Gasteiger partial charge on any atom is -0.496 e. The third-order valence-electron chi connectivity index (χ3n) is 3.09. The summed E-state index contributed by atoms with van der Waals surface area (Å²) in [5, 5.41) is 7.32. The van der Waals surface area contributed by atoms with Crippen molar-refractivity contribution in [2.24, 2.45) is 0 Å². The van der Waals surface area contributed by atoms with Crippen molar-refractivity contribution in [3.63, 3.8) is 0 Å². The molecule has 5 nitrogen and oxygen atoms in total. The van der Waals surface area contributed by atoms with Crippen LogP contribution in [0, 0.1) is 0 Å². The molecule has 1 atom stereocenters. The minimum atomic E-state index is 0.431. The molecular formula is C14H18BrN3O2. The zero-order valence-electron chi connectivity index (χ0n) is 11.8. The molecule has 1 unspecified atom stereocenters. The molecule has 1 aromatic carbocycles. The highest BCUT2D eigenvalue weighted by atomic mass is 79.9. The summed E-state index contributed by atoms with van der Waals surface area (Å²) in [5.74, 6) is 1.94. The number of nitrogens with zero attached hydrogens (tertiary/aromatic N) is 2. The Balaban J connectivity index is 2.10. The molecule has 108 valence electrons. The van der Waals surface area contributed by atoms with Crippen LogP contribution in [0.25, 0.3) is 11.4 Å². The lowest BCUT2D eigenvalue weighted by Crippen LogP contribution is -2.24. The van der Waals surface area contributed by atoms with Crippen molar-refractivity contribution in [2.45, 2.75) is 32.9 Å². The first-order valence-corrected chi connectivity index (χ1v) is 7.33. The van der Waals surface area contributed by atoms with Gasteiger partial charge >= 0.3 is 0 Å². The van der Waals surface area contributed by atoms with E-state index in [1.807, 2.05) is 18.2 Å². The van der Waals surface area contributed by atoms with Gasteiger partial charge < -0.3 is 14.6 Å². The lowest BCUT2D eigenvalue weighted by Gasteiger charge is -2.07. The van der Waals surface area contributed by atoms with Crippen LogP contribution >= 0.6 is 15.9 Å². The third-order valence-corrected chi connectivity index (χ3v) is 3.71. The third kappa shape index (κ3) is 3.58. The Morgan fingerprint density at radius 2 is 2.25 bits per heavy atom. The maximum Gasteiger partial charge on any atom is 0.240 e. The Morgan fingerprint density at radius 3 is 2.90 bits per heavy atom. The fourth-order valence-electron chi connectivity index (χ4n) is 1.66. The molecule has 6 heteroatoms. The van der Waals surface area contributed by atoms with Gasteiger partial charge in [-0.2, -0.15) is 4.98 Å². The van der Waals surface area contributed by atoms with E-state index in [2.05, 4.69) is 45.2 Å². The van der Waals surface area contributed by atoms with Gasteiger partial charge in [-0.05, 0) is 47.5 Å². The second kappa shape index (κ2) is 6.85. The predicted octanol–water partition coefficient (Wildman–Crippen LogP) is 3.40. The van der Waals surface area contributed by atoms with Crippen molar-refractivity contribution in [1.82, 2.24) is 15.5 Å². The van der Waals surface area contributed by atoms with Crippen LogP contribution in [0.2, 0.25) is 0 Å². The van der Waals surface area contributed by atoms with Crippen molar-refractivity contribution >= 4 is 15.9 Å². The topological polar surface area (TPSA) is 60.2 Å². The monoisotopic (exact) mass is 339 g/mol. The number of benzene rings is 1. The average molecular weight is 340 g/mol. The Labute approximate surface area is 126 Å². The van der Waals surface area contributed by atoms with Gasteiger partial charge in [0.2, 0.25) is 11.7 Å². The molecule has 0 radical (unpaired) electrons. The largest absolute Gasteiger partial charge is 0.496 e. The highest BCUT2D eigenvalue weighted by molar-refractivity contribution is 9.10. The molecule has 1 aromatic heterocycles. The molecule has 0 aliphatic carbocycles. The molecule has 0 aliphatic rings. The number of halogens is 1. The zero-order valence-corrected chi connectivity index (χ0v) is 13.4. The van der Waals surface area contributed by atoms with Gasteiger partial charge in [-0.25, -0.2) is 0 Å². The van der Waals surface area contributed by atoms with Crippen LogP contribution in [0.4, 0.5) is 0 Å². The normalized spacial score (nSPS) is 12.4. The number of aromatic nitrogens is 2. The summed E-state index contributed by atoms with van der Waals surface area (Å²) in [7, 11) is 1.63. The molecule has 0 fully saturated rings. The van der Waals surface area contributed by atoms with Crippen LogP contribution in [0.5, 0.6) is 5.75 Å². The first-order valence-electron chi connectivity index (χ1n) is 6.54. The first-order chi connectivity index (χ1) is 9.63. The van der Waals surface area contributed by atoms with Crippen molar-refractivity contribution < 1.29 is 9.26 Å². The number of hydrogen-bond donors (Lipinski definition) is 1. The van der Waals surface area contributed by atoms with E-state index in [9.17, 15) is 0 Å². The first kappa shape index (κ1) is 15.0. The Kier molecular flexibility index (Phi) is 5.14. The molecule has 0 aliphatic heterocycles. The molecule has 0 spiro atoms. The van der Waals surface area contributed by atoms with E-state index in [-0.39, 0.29) is 0 Å². The SMILES string of the molecule is CCC(C)NCc1nc(-c2ccc(OC)c(Br)c2)no1. The summed E-state index contributed by atoms with van der Waals surface area (Å²) in [6.45, 7) is 4.84.